The third-order valence-electron chi connectivity index (χ3n) is 4.28. The smallest absolute Gasteiger partial charge is 0.193 e. The molecule has 0 N–H and O–H groups in total. The molecule has 23 heavy (non-hydrogen) atoms. The lowest BCUT2D eigenvalue weighted by Gasteiger charge is -2.26. The second-order valence-corrected chi connectivity index (χ2v) is 5.97. The molecule has 3 heteroatoms. The maximum Gasteiger partial charge on any atom is 0.193 e. The number of carbonyl (C=O) groups excluding carboxylic acids is 1. The number of likely N-dealkylation sites (tertiary alicyclic amines) is 1. The summed E-state index contributed by atoms with van der Waals surface area (Å²) >= 11 is 0. The molecule has 0 unspecified atom stereocenters. The average Bonchev–Trinajstić information content (AvgIpc) is 2.63. The van der Waals surface area contributed by atoms with Crippen molar-refractivity contribution in [1.29, 1.82) is 0 Å². The molecule has 0 atom stereocenters. The summed E-state index contributed by atoms with van der Waals surface area (Å²) in [6.07, 6.45) is 3.96. The van der Waals surface area contributed by atoms with Crippen LogP contribution in [0.5, 0.6) is 5.75 Å². The Hall–Kier alpha value is -2.13. The van der Waals surface area contributed by atoms with Crippen LogP contribution >= 0.6 is 0 Å². The van der Waals surface area contributed by atoms with E-state index in [1.807, 2.05) is 54.6 Å². The highest BCUT2D eigenvalue weighted by Crippen LogP contribution is 2.16. The molecule has 1 heterocycles. The van der Waals surface area contributed by atoms with Crippen molar-refractivity contribution < 1.29 is 9.53 Å². The highest BCUT2D eigenvalue weighted by Gasteiger charge is 2.10. The number of carbonyl (C=O) groups is 1. The van der Waals surface area contributed by atoms with E-state index in [9.17, 15) is 4.79 Å². The van der Waals surface area contributed by atoms with Crippen molar-refractivity contribution in [2.24, 2.45) is 0 Å². The van der Waals surface area contributed by atoms with Gasteiger partial charge in [0.05, 0.1) is 0 Å². The summed E-state index contributed by atoms with van der Waals surface area (Å²) in [7, 11) is 0. The molecule has 3 nitrogen and oxygen atoms in total. The first-order chi connectivity index (χ1) is 11.3. The molecule has 1 saturated heterocycles. The van der Waals surface area contributed by atoms with Crippen LogP contribution in [0.15, 0.2) is 54.6 Å². The minimum Gasteiger partial charge on any atom is -0.492 e. The average molecular weight is 309 g/mol. The first-order valence-electron chi connectivity index (χ1n) is 8.38. The van der Waals surface area contributed by atoms with Crippen LogP contribution in [0, 0.1) is 0 Å². The number of rotatable bonds is 6. The van der Waals surface area contributed by atoms with Crippen molar-refractivity contribution in [2.75, 3.05) is 26.2 Å². The van der Waals surface area contributed by atoms with Gasteiger partial charge in [0.1, 0.15) is 12.4 Å². The van der Waals surface area contributed by atoms with Gasteiger partial charge in [0.25, 0.3) is 0 Å². The lowest BCUT2D eigenvalue weighted by atomic mass is 10.0. The molecule has 2 aromatic carbocycles. The van der Waals surface area contributed by atoms with E-state index in [0.29, 0.717) is 17.7 Å². The maximum atomic E-state index is 12.3. The van der Waals surface area contributed by atoms with E-state index in [1.165, 1.54) is 32.4 Å². The van der Waals surface area contributed by atoms with Crippen LogP contribution in [0.1, 0.15) is 35.2 Å². The largest absolute Gasteiger partial charge is 0.492 e. The third-order valence-corrected chi connectivity index (χ3v) is 4.28. The quantitative estimate of drug-likeness (QED) is 0.761. The van der Waals surface area contributed by atoms with E-state index in [2.05, 4.69) is 4.90 Å². The van der Waals surface area contributed by atoms with Crippen molar-refractivity contribution in [3.8, 4) is 5.75 Å². The number of hydrogen-bond acceptors (Lipinski definition) is 3. The van der Waals surface area contributed by atoms with Crippen molar-refractivity contribution in [1.82, 2.24) is 4.90 Å². The molecule has 1 fully saturated rings. The van der Waals surface area contributed by atoms with Crippen molar-refractivity contribution in [2.45, 2.75) is 19.3 Å². The number of hydrogen-bond donors (Lipinski definition) is 0. The summed E-state index contributed by atoms with van der Waals surface area (Å²) in [4.78, 5) is 14.8. The number of ketones is 1. The fourth-order valence-corrected chi connectivity index (χ4v) is 2.93. The topological polar surface area (TPSA) is 29.5 Å². The summed E-state index contributed by atoms with van der Waals surface area (Å²) in [6, 6.07) is 16.8. The van der Waals surface area contributed by atoms with Crippen LogP contribution in [0.4, 0.5) is 0 Å². The van der Waals surface area contributed by atoms with E-state index >= 15 is 0 Å². The molecule has 0 bridgehead atoms. The molecule has 2 aromatic rings. The molecular formula is C20H23NO2. The Kier molecular flexibility index (Phi) is 5.43. The zero-order valence-electron chi connectivity index (χ0n) is 13.4. The summed E-state index contributed by atoms with van der Waals surface area (Å²) in [5.41, 5.74) is 1.41. The minimum atomic E-state index is 0.0467. The summed E-state index contributed by atoms with van der Waals surface area (Å²) < 4.78 is 5.80. The first-order valence-corrected chi connectivity index (χ1v) is 8.38. The number of nitrogens with zero attached hydrogens (tertiary/aromatic N) is 1. The van der Waals surface area contributed by atoms with Gasteiger partial charge in [0.15, 0.2) is 5.78 Å². The van der Waals surface area contributed by atoms with E-state index in [0.717, 1.165) is 12.3 Å². The van der Waals surface area contributed by atoms with Gasteiger partial charge in [-0.2, -0.15) is 0 Å². The highest BCUT2D eigenvalue weighted by atomic mass is 16.5. The Morgan fingerprint density at radius 1 is 0.870 bits per heavy atom. The second kappa shape index (κ2) is 7.93. The molecule has 0 saturated carbocycles. The zero-order chi connectivity index (χ0) is 15.9. The molecule has 0 radical (unpaired) electrons. The van der Waals surface area contributed by atoms with Crippen LogP contribution in [0.3, 0.4) is 0 Å². The number of ether oxygens (including phenoxy) is 1. The van der Waals surface area contributed by atoms with Gasteiger partial charge in [-0.15, -0.1) is 0 Å². The van der Waals surface area contributed by atoms with E-state index < -0.39 is 0 Å². The van der Waals surface area contributed by atoms with Crippen LogP contribution in [-0.2, 0) is 0 Å². The minimum absolute atomic E-state index is 0.0467. The summed E-state index contributed by atoms with van der Waals surface area (Å²) in [5.74, 6) is 0.872. The lowest BCUT2D eigenvalue weighted by molar-refractivity contribution is 0.103. The molecule has 0 aromatic heterocycles. The van der Waals surface area contributed by atoms with Gasteiger partial charge in [0.2, 0.25) is 0 Å². The van der Waals surface area contributed by atoms with Crippen molar-refractivity contribution in [3.63, 3.8) is 0 Å². The lowest BCUT2D eigenvalue weighted by Crippen LogP contribution is -2.33. The SMILES string of the molecule is O=C(c1ccccc1)c1ccc(OCCN2CCCCC2)cc1. The monoisotopic (exact) mass is 309 g/mol. The molecule has 1 aliphatic heterocycles. The fourth-order valence-electron chi connectivity index (χ4n) is 2.93. The predicted molar refractivity (Wildman–Crippen MR) is 92.1 cm³/mol. The number of benzene rings is 2. The normalized spacial score (nSPS) is 15.3. The Balaban J connectivity index is 1.51. The maximum absolute atomic E-state index is 12.3. The van der Waals surface area contributed by atoms with Gasteiger partial charge in [-0.3, -0.25) is 9.69 Å². The Morgan fingerprint density at radius 3 is 2.22 bits per heavy atom. The van der Waals surface area contributed by atoms with E-state index in [1.54, 1.807) is 0 Å². The van der Waals surface area contributed by atoms with Crippen LogP contribution in [-0.4, -0.2) is 36.9 Å². The Bertz CT molecular complexity index is 616. The Morgan fingerprint density at radius 2 is 1.52 bits per heavy atom. The summed E-state index contributed by atoms with van der Waals surface area (Å²) in [5, 5.41) is 0. The first kappa shape index (κ1) is 15.8. The van der Waals surface area contributed by atoms with Crippen molar-refractivity contribution in [3.05, 3.63) is 65.7 Å². The standard InChI is InChI=1S/C20H23NO2/c22-20(17-7-3-1-4-8-17)18-9-11-19(12-10-18)23-16-15-21-13-5-2-6-14-21/h1,3-4,7-12H,2,5-6,13-16H2. The highest BCUT2D eigenvalue weighted by molar-refractivity contribution is 6.08. The van der Waals surface area contributed by atoms with Crippen molar-refractivity contribution >= 4 is 5.78 Å². The van der Waals surface area contributed by atoms with E-state index in [-0.39, 0.29) is 5.78 Å². The summed E-state index contributed by atoms with van der Waals surface area (Å²) in [6.45, 7) is 4.05. The second-order valence-electron chi connectivity index (χ2n) is 5.97. The molecule has 1 aliphatic rings. The molecule has 120 valence electrons. The predicted octanol–water partition coefficient (Wildman–Crippen LogP) is 3.78. The zero-order valence-corrected chi connectivity index (χ0v) is 13.4. The Labute approximate surface area is 137 Å². The molecule has 0 amide bonds. The van der Waals surface area contributed by atoms with Gasteiger partial charge in [-0.05, 0) is 50.2 Å². The fraction of sp³-hybridized carbons (Fsp3) is 0.350. The van der Waals surface area contributed by atoms with Crippen LogP contribution < -0.4 is 4.74 Å². The van der Waals surface area contributed by atoms with E-state index in [4.69, 9.17) is 4.74 Å². The molecule has 0 spiro atoms. The third kappa shape index (κ3) is 4.42. The van der Waals surface area contributed by atoms with Crippen LogP contribution in [0.25, 0.3) is 0 Å². The molecular weight excluding hydrogens is 286 g/mol. The van der Waals surface area contributed by atoms with Gasteiger partial charge in [0, 0.05) is 17.7 Å². The molecule has 0 aliphatic carbocycles. The van der Waals surface area contributed by atoms with Gasteiger partial charge in [-0.25, -0.2) is 0 Å². The molecule has 3 rings (SSSR count). The van der Waals surface area contributed by atoms with Gasteiger partial charge >= 0.3 is 0 Å². The number of piperidine rings is 1. The van der Waals surface area contributed by atoms with Gasteiger partial charge in [-0.1, -0.05) is 36.8 Å². The van der Waals surface area contributed by atoms with Crippen LogP contribution in [0.2, 0.25) is 0 Å². The van der Waals surface area contributed by atoms with Gasteiger partial charge < -0.3 is 4.74 Å².